The summed E-state index contributed by atoms with van der Waals surface area (Å²) in [6.07, 6.45) is 3.98. The van der Waals surface area contributed by atoms with E-state index in [1.54, 1.807) is 12.1 Å². The van der Waals surface area contributed by atoms with Crippen LogP contribution in [0.1, 0.15) is 19.8 Å². The Morgan fingerprint density at radius 1 is 1.07 bits per heavy atom. The molecule has 1 N–H and O–H groups in total. The number of halogens is 1. The van der Waals surface area contributed by atoms with Crippen LogP contribution in [0.2, 0.25) is 0 Å². The van der Waals surface area contributed by atoms with Crippen LogP contribution in [-0.4, -0.2) is 49.9 Å². The number of nitrogens with one attached hydrogen (secondary N) is 1. The number of benzene rings is 1. The maximum atomic E-state index is 13.6. The smallest absolute Gasteiger partial charge is 0.128 e. The zero-order valence-electron chi connectivity index (χ0n) is 15.8. The van der Waals surface area contributed by atoms with Crippen molar-refractivity contribution in [3.63, 3.8) is 0 Å². The zero-order valence-corrected chi connectivity index (χ0v) is 15.8. The first-order valence-corrected chi connectivity index (χ1v) is 9.69. The van der Waals surface area contributed by atoms with Crippen molar-refractivity contribution in [1.29, 1.82) is 0 Å². The van der Waals surface area contributed by atoms with Crippen molar-refractivity contribution in [1.82, 2.24) is 4.98 Å². The average molecular weight is 370 g/mol. The summed E-state index contributed by atoms with van der Waals surface area (Å²) in [7, 11) is 0. The largest absolute Gasteiger partial charge is 0.378 e. The SMILES string of the molecule is C[C@@]1(Nc2cc(N3CCOCC3)ccn2)CCCN(c2cccc(F)c2)C1. The topological polar surface area (TPSA) is 40.6 Å². The van der Waals surface area contributed by atoms with Gasteiger partial charge < -0.3 is 19.9 Å². The maximum absolute atomic E-state index is 13.6. The van der Waals surface area contributed by atoms with Crippen LogP contribution in [-0.2, 0) is 4.74 Å². The fourth-order valence-corrected chi connectivity index (χ4v) is 4.05. The number of morpholine rings is 1. The summed E-state index contributed by atoms with van der Waals surface area (Å²) in [5, 5.41) is 3.65. The van der Waals surface area contributed by atoms with Gasteiger partial charge in [-0.3, -0.25) is 0 Å². The Bertz CT molecular complexity index is 780. The highest BCUT2D eigenvalue weighted by Gasteiger charge is 2.31. The molecule has 0 amide bonds. The Morgan fingerprint density at radius 2 is 1.89 bits per heavy atom. The van der Waals surface area contributed by atoms with Crippen molar-refractivity contribution >= 4 is 17.2 Å². The fourth-order valence-electron chi connectivity index (χ4n) is 4.05. The van der Waals surface area contributed by atoms with Crippen molar-refractivity contribution < 1.29 is 9.13 Å². The van der Waals surface area contributed by atoms with Crippen LogP contribution in [0.25, 0.3) is 0 Å². The van der Waals surface area contributed by atoms with Crippen molar-refractivity contribution in [2.75, 3.05) is 54.5 Å². The lowest BCUT2D eigenvalue weighted by atomic mass is 9.90. The standard InChI is InChI=1S/C21H27FN4O/c1-21(7-3-9-26(16-21)18-5-2-4-17(22)14-18)24-20-15-19(6-8-23-20)25-10-12-27-13-11-25/h2,4-6,8,14-15H,3,7,9-13,16H2,1H3,(H,23,24)/t21-/m1/s1. The van der Waals surface area contributed by atoms with E-state index < -0.39 is 0 Å². The maximum Gasteiger partial charge on any atom is 0.128 e. The molecule has 1 atom stereocenters. The molecule has 0 saturated carbocycles. The molecule has 27 heavy (non-hydrogen) atoms. The third-order valence-electron chi connectivity index (χ3n) is 5.42. The van der Waals surface area contributed by atoms with Gasteiger partial charge in [0.2, 0.25) is 0 Å². The van der Waals surface area contributed by atoms with Crippen molar-refractivity contribution in [3.05, 3.63) is 48.4 Å². The second-order valence-corrected chi connectivity index (χ2v) is 7.69. The number of aromatic nitrogens is 1. The van der Waals surface area contributed by atoms with E-state index in [-0.39, 0.29) is 11.4 Å². The highest BCUT2D eigenvalue weighted by Crippen LogP contribution is 2.29. The van der Waals surface area contributed by atoms with E-state index in [0.29, 0.717) is 0 Å². The minimum atomic E-state index is -0.187. The summed E-state index contributed by atoms with van der Waals surface area (Å²) < 4.78 is 19.1. The first-order chi connectivity index (χ1) is 13.1. The van der Waals surface area contributed by atoms with E-state index in [2.05, 4.69) is 39.2 Å². The average Bonchev–Trinajstić information content (AvgIpc) is 2.68. The first kappa shape index (κ1) is 18.0. The van der Waals surface area contributed by atoms with E-state index in [0.717, 1.165) is 63.7 Å². The molecule has 144 valence electrons. The number of ether oxygens (including phenoxy) is 1. The van der Waals surface area contributed by atoms with Crippen molar-refractivity contribution in [2.24, 2.45) is 0 Å². The van der Waals surface area contributed by atoms with Gasteiger partial charge in [-0.25, -0.2) is 9.37 Å². The monoisotopic (exact) mass is 370 g/mol. The molecule has 0 bridgehead atoms. The van der Waals surface area contributed by atoms with Gasteiger partial charge in [-0.2, -0.15) is 0 Å². The Kier molecular flexibility index (Phi) is 5.16. The predicted molar refractivity (Wildman–Crippen MR) is 107 cm³/mol. The molecule has 0 aliphatic carbocycles. The van der Waals surface area contributed by atoms with Gasteiger partial charge in [0.25, 0.3) is 0 Å². The van der Waals surface area contributed by atoms with Crippen LogP contribution in [0.15, 0.2) is 42.6 Å². The molecule has 1 aromatic carbocycles. The highest BCUT2D eigenvalue weighted by molar-refractivity contribution is 5.56. The van der Waals surface area contributed by atoms with Crippen LogP contribution >= 0.6 is 0 Å². The minimum absolute atomic E-state index is 0.110. The van der Waals surface area contributed by atoms with Crippen LogP contribution in [0, 0.1) is 5.82 Å². The summed E-state index contributed by atoms with van der Waals surface area (Å²) in [5.74, 6) is 0.704. The van der Waals surface area contributed by atoms with Crippen molar-refractivity contribution in [2.45, 2.75) is 25.3 Å². The van der Waals surface area contributed by atoms with Gasteiger partial charge in [0.15, 0.2) is 0 Å². The fraction of sp³-hybridized carbons (Fsp3) is 0.476. The molecule has 1 aromatic heterocycles. The number of hydrogen-bond acceptors (Lipinski definition) is 5. The van der Waals surface area contributed by atoms with E-state index in [4.69, 9.17) is 4.74 Å². The molecule has 2 fully saturated rings. The quantitative estimate of drug-likeness (QED) is 0.892. The molecule has 0 unspecified atom stereocenters. The number of anilines is 3. The second-order valence-electron chi connectivity index (χ2n) is 7.69. The molecule has 3 heterocycles. The Morgan fingerprint density at radius 3 is 2.70 bits per heavy atom. The number of rotatable bonds is 4. The van der Waals surface area contributed by atoms with Gasteiger partial charge >= 0.3 is 0 Å². The van der Waals surface area contributed by atoms with Gasteiger partial charge in [0.1, 0.15) is 11.6 Å². The van der Waals surface area contributed by atoms with Gasteiger partial charge in [-0.1, -0.05) is 6.07 Å². The summed E-state index contributed by atoms with van der Waals surface area (Å²) in [5.41, 5.74) is 2.01. The Balaban J connectivity index is 1.48. The van der Waals surface area contributed by atoms with Crippen molar-refractivity contribution in [3.8, 4) is 0 Å². The number of hydrogen-bond donors (Lipinski definition) is 1. The predicted octanol–water partition coefficient (Wildman–Crippen LogP) is 3.53. The molecule has 2 aliphatic rings. The van der Waals surface area contributed by atoms with Crippen LogP contribution < -0.4 is 15.1 Å². The van der Waals surface area contributed by atoms with Gasteiger partial charge in [-0.05, 0) is 44.0 Å². The second kappa shape index (κ2) is 7.72. The zero-order chi connectivity index (χ0) is 18.7. The lowest BCUT2D eigenvalue weighted by Gasteiger charge is -2.42. The molecular formula is C21H27FN4O. The van der Waals surface area contributed by atoms with E-state index in [1.165, 1.54) is 11.8 Å². The lowest BCUT2D eigenvalue weighted by molar-refractivity contribution is 0.122. The third-order valence-corrected chi connectivity index (χ3v) is 5.42. The summed E-state index contributed by atoms with van der Waals surface area (Å²) in [4.78, 5) is 9.13. The molecule has 6 heteroatoms. The molecule has 2 saturated heterocycles. The summed E-state index contributed by atoms with van der Waals surface area (Å²) in [6.45, 7) is 7.35. The van der Waals surface area contributed by atoms with Crippen LogP contribution in [0.4, 0.5) is 21.6 Å². The molecule has 0 radical (unpaired) electrons. The summed E-state index contributed by atoms with van der Waals surface area (Å²) >= 11 is 0. The molecule has 5 nitrogen and oxygen atoms in total. The van der Waals surface area contributed by atoms with E-state index >= 15 is 0 Å². The van der Waals surface area contributed by atoms with Gasteiger partial charge in [0.05, 0.1) is 18.8 Å². The number of nitrogens with zero attached hydrogens (tertiary/aromatic N) is 3. The molecule has 2 aromatic rings. The van der Waals surface area contributed by atoms with Crippen LogP contribution in [0.3, 0.4) is 0 Å². The van der Waals surface area contributed by atoms with Crippen LogP contribution in [0.5, 0.6) is 0 Å². The molecule has 4 rings (SSSR count). The first-order valence-electron chi connectivity index (χ1n) is 9.69. The van der Waals surface area contributed by atoms with Gasteiger partial charge in [0, 0.05) is 49.8 Å². The Hall–Kier alpha value is -2.34. The van der Waals surface area contributed by atoms with Gasteiger partial charge in [-0.15, -0.1) is 0 Å². The molecular weight excluding hydrogens is 343 g/mol. The molecule has 0 spiro atoms. The normalized spacial score (nSPS) is 23.3. The minimum Gasteiger partial charge on any atom is -0.378 e. The van der Waals surface area contributed by atoms with E-state index in [9.17, 15) is 4.39 Å². The lowest BCUT2D eigenvalue weighted by Crippen LogP contribution is -2.51. The summed E-state index contributed by atoms with van der Waals surface area (Å²) in [6, 6.07) is 11.0. The number of piperidine rings is 1. The third kappa shape index (κ3) is 4.33. The van der Waals surface area contributed by atoms with E-state index in [1.807, 2.05) is 12.3 Å². The number of pyridine rings is 1. The highest BCUT2D eigenvalue weighted by atomic mass is 19.1. The Labute approximate surface area is 160 Å². The molecule has 2 aliphatic heterocycles.